The summed E-state index contributed by atoms with van der Waals surface area (Å²) in [5.41, 5.74) is 2.40. The van der Waals surface area contributed by atoms with Crippen molar-refractivity contribution in [3.05, 3.63) is 29.8 Å². The summed E-state index contributed by atoms with van der Waals surface area (Å²) < 4.78 is 4.95. The number of aryl methyl sites for hydroxylation is 1. The summed E-state index contributed by atoms with van der Waals surface area (Å²) in [6.45, 7) is 2.28. The van der Waals surface area contributed by atoms with E-state index in [0.29, 0.717) is 13.0 Å². The van der Waals surface area contributed by atoms with Gasteiger partial charge in [0.1, 0.15) is 0 Å². The van der Waals surface area contributed by atoms with Gasteiger partial charge in [-0.3, -0.25) is 4.79 Å². The molecule has 0 saturated carbocycles. The fraction of sp³-hybridized carbons (Fsp3) is 0.462. The number of carbonyl (C=O) groups excluding carboxylic acids is 1. The Kier molecular flexibility index (Phi) is 3.44. The van der Waals surface area contributed by atoms with E-state index < -0.39 is 0 Å². The maximum absolute atomic E-state index is 11.4. The monoisotopic (exact) mass is 218 g/mol. The van der Waals surface area contributed by atoms with Crippen LogP contribution in [0.15, 0.2) is 18.2 Å². The van der Waals surface area contributed by atoms with E-state index >= 15 is 0 Å². The van der Waals surface area contributed by atoms with E-state index in [-0.39, 0.29) is 12.0 Å². The fourth-order valence-corrected chi connectivity index (χ4v) is 2.01. The van der Waals surface area contributed by atoms with Gasteiger partial charge in [0.2, 0.25) is 0 Å². The van der Waals surface area contributed by atoms with Crippen LogP contribution < -0.4 is 5.32 Å². The Morgan fingerprint density at radius 1 is 1.69 bits per heavy atom. The first-order valence-corrected chi connectivity index (χ1v) is 5.70. The van der Waals surface area contributed by atoms with Crippen molar-refractivity contribution in [2.75, 3.05) is 11.9 Å². The molecule has 0 amide bonds. The number of fused-ring (bicyclic) bond motifs is 1. The standard InChI is InChI=1S/C13H16NO2/c1-2-16-13(15)9-11-8-7-10-5-3-4-6-12(10)14-11/h3,5-6,11,14H,2,7-9H2,1H3. The normalized spacial score (nSPS) is 18.4. The molecule has 0 bridgehead atoms. The molecule has 0 saturated heterocycles. The lowest BCUT2D eigenvalue weighted by molar-refractivity contribution is -0.143. The Labute approximate surface area is 95.8 Å². The van der Waals surface area contributed by atoms with E-state index in [1.54, 1.807) is 0 Å². The second kappa shape index (κ2) is 5.01. The molecule has 1 unspecified atom stereocenters. The number of benzene rings is 1. The third-order valence-electron chi connectivity index (χ3n) is 2.79. The Morgan fingerprint density at radius 3 is 3.38 bits per heavy atom. The van der Waals surface area contributed by atoms with Crippen molar-refractivity contribution in [1.82, 2.24) is 0 Å². The van der Waals surface area contributed by atoms with Crippen LogP contribution in [-0.2, 0) is 16.0 Å². The zero-order valence-electron chi connectivity index (χ0n) is 9.45. The summed E-state index contributed by atoms with van der Waals surface area (Å²) in [5.74, 6) is -0.122. The Balaban J connectivity index is 1.95. The highest BCUT2D eigenvalue weighted by Crippen LogP contribution is 2.25. The van der Waals surface area contributed by atoms with Crippen LogP contribution in [0.25, 0.3) is 0 Å². The maximum atomic E-state index is 11.4. The first-order chi connectivity index (χ1) is 7.79. The lowest BCUT2D eigenvalue weighted by Gasteiger charge is -2.26. The molecule has 0 aromatic heterocycles. The smallest absolute Gasteiger partial charge is 0.307 e. The predicted octanol–water partition coefficient (Wildman–Crippen LogP) is 2.17. The number of esters is 1. The summed E-state index contributed by atoms with van der Waals surface area (Å²) in [5, 5.41) is 3.35. The predicted molar refractivity (Wildman–Crippen MR) is 62.3 cm³/mol. The van der Waals surface area contributed by atoms with Gasteiger partial charge >= 0.3 is 5.97 Å². The van der Waals surface area contributed by atoms with Crippen LogP contribution in [0.2, 0.25) is 0 Å². The first-order valence-electron chi connectivity index (χ1n) is 5.70. The molecule has 85 valence electrons. The van der Waals surface area contributed by atoms with Crippen LogP contribution in [-0.4, -0.2) is 18.6 Å². The van der Waals surface area contributed by atoms with Crippen LogP contribution >= 0.6 is 0 Å². The van der Waals surface area contributed by atoms with Gasteiger partial charge in [-0.25, -0.2) is 0 Å². The molecule has 1 aliphatic heterocycles. The van der Waals surface area contributed by atoms with Gasteiger partial charge < -0.3 is 10.1 Å². The summed E-state index contributed by atoms with van der Waals surface area (Å²) in [6.07, 6.45) is 2.44. The maximum Gasteiger partial charge on any atom is 0.307 e. The number of carbonyl (C=O) groups is 1. The van der Waals surface area contributed by atoms with Crippen LogP contribution in [0.4, 0.5) is 5.69 Å². The second-order valence-corrected chi connectivity index (χ2v) is 3.97. The molecule has 2 rings (SSSR count). The van der Waals surface area contributed by atoms with Crippen molar-refractivity contribution < 1.29 is 9.53 Å². The van der Waals surface area contributed by atoms with Gasteiger partial charge in [0.05, 0.1) is 13.0 Å². The minimum absolute atomic E-state index is 0.122. The third-order valence-corrected chi connectivity index (χ3v) is 2.79. The Morgan fingerprint density at radius 2 is 2.56 bits per heavy atom. The highest BCUT2D eigenvalue weighted by atomic mass is 16.5. The molecule has 1 atom stereocenters. The quantitative estimate of drug-likeness (QED) is 0.790. The fourth-order valence-electron chi connectivity index (χ4n) is 2.01. The Hall–Kier alpha value is -1.51. The number of rotatable bonds is 3. The van der Waals surface area contributed by atoms with E-state index in [4.69, 9.17) is 4.74 Å². The van der Waals surface area contributed by atoms with E-state index in [1.165, 1.54) is 5.56 Å². The average Bonchev–Trinajstić information content (AvgIpc) is 2.29. The van der Waals surface area contributed by atoms with Crippen LogP contribution in [0.1, 0.15) is 25.3 Å². The number of hydrogen-bond acceptors (Lipinski definition) is 3. The summed E-state index contributed by atoms with van der Waals surface area (Å²) in [7, 11) is 0. The minimum atomic E-state index is -0.122. The molecule has 0 spiro atoms. The first kappa shape index (κ1) is 11.0. The molecule has 3 heteroatoms. The molecule has 1 aliphatic rings. The van der Waals surface area contributed by atoms with Gasteiger partial charge in [-0.05, 0) is 37.5 Å². The molecular formula is C13H16NO2. The molecule has 3 nitrogen and oxygen atoms in total. The number of ether oxygens (including phenoxy) is 1. The number of hydrogen-bond donors (Lipinski definition) is 1. The molecule has 1 heterocycles. The number of anilines is 1. The highest BCUT2D eigenvalue weighted by molar-refractivity contribution is 5.71. The zero-order valence-corrected chi connectivity index (χ0v) is 9.45. The van der Waals surface area contributed by atoms with Crippen molar-refractivity contribution >= 4 is 11.7 Å². The Bertz CT molecular complexity index is 376. The molecule has 0 aliphatic carbocycles. The van der Waals surface area contributed by atoms with Gasteiger partial charge in [0.15, 0.2) is 0 Å². The SMILES string of the molecule is CCOC(=O)CC1CCc2cc[c]cc2N1. The van der Waals surface area contributed by atoms with E-state index in [1.807, 2.05) is 19.1 Å². The van der Waals surface area contributed by atoms with Crippen molar-refractivity contribution in [3.63, 3.8) is 0 Å². The van der Waals surface area contributed by atoms with Crippen LogP contribution in [0.3, 0.4) is 0 Å². The van der Waals surface area contributed by atoms with Gasteiger partial charge in [0.25, 0.3) is 0 Å². The summed E-state index contributed by atoms with van der Waals surface area (Å²) in [4.78, 5) is 11.4. The molecule has 1 radical (unpaired) electrons. The van der Waals surface area contributed by atoms with Gasteiger partial charge in [0, 0.05) is 11.7 Å². The molecule has 1 aromatic rings. The molecule has 1 N–H and O–H groups in total. The largest absolute Gasteiger partial charge is 0.466 e. The van der Waals surface area contributed by atoms with E-state index in [9.17, 15) is 4.79 Å². The minimum Gasteiger partial charge on any atom is -0.466 e. The topological polar surface area (TPSA) is 38.3 Å². The molecule has 0 fully saturated rings. The second-order valence-electron chi connectivity index (χ2n) is 3.97. The van der Waals surface area contributed by atoms with E-state index in [0.717, 1.165) is 18.5 Å². The average molecular weight is 218 g/mol. The zero-order chi connectivity index (χ0) is 11.4. The molecule has 1 aromatic carbocycles. The van der Waals surface area contributed by atoms with Gasteiger partial charge in [-0.2, -0.15) is 0 Å². The number of nitrogens with one attached hydrogen (secondary N) is 1. The third kappa shape index (κ3) is 2.54. The van der Waals surface area contributed by atoms with Crippen molar-refractivity contribution in [1.29, 1.82) is 0 Å². The van der Waals surface area contributed by atoms with Crippen molar-refractivity contribution in [3.8, 4) is 0 Å². The molecular weight excluding hydrogens is 202 g/mol. The van der Waals surface area contributed by atoms with Crippen LogP contribution in [0, 0.1) is 6.07 Å². The lowest BCUT2D eigenvalue weighted by atomic mass is 9.96. The summed E-state index contributed by atoms with van der Waals surface area (Å²) in [6, 6.07) is 9.17. The lowest BCUT2D eigenvalue weighted by Crippen LogP contribution is -2.28. The van der Waals surface area contributed by atoms with Crippen LogP contribution in [0.5, 0.6) is 0 Å². The van der Waals surface area contributed by atoms with E-state index in [2.05, 4.69) is 17.4 Å². The summed E-state index contributed by atoms with van der Waals surface area (Å²) >= 11 is 0. The van der Waals surface area contributed by atoms with Gasteiger partial charge in [-0.15, -0.1) is 0 Å². The highest BCUT2D eigenvalue weighted by Gasteiger charge is 2.20. The van der Waals surface area contributed by atoms with Crippen molar-refractivity contribution in [2.24, 2.45) is 0 Å². The molecule has 16 heavy (non-hydrogen) atoms. The van der Waals surface area contributed by atoms with Gasteiger partial charge in [-0.1, -0.05) is 12.1 Å². The van der Waals surface area contributed by atoms with Crippen molar-refractivity contribution in [2.45, 2.75) is 32.2 Å².